The van der Waals surface area contributed by atoms with E-state index in [4.69, 9.17) is 0 Å². The van der Waals surface area contributed by atoms with Gasteiger partial charge in [-0.05, 0) is 67.6 Å². The maximum absolute atomic E-state index is 3.59. The van der Waals surface area contributed by atoms with E-state index in [1.165, 1.54) is 43.0 Å². The molecule has 15 heavy (non-hydrogen) atoms. The van der Waals surface area contributed by atoms with Crippen molar-refractivity contribution in [2.24, 2.45) is 5.92 Å². The Morgan fingerprint density at radius 2 is 1.73 bits per heavy atom. The van der Waals surface area contributed by atoms with Crippen molar-refractivity contribution in [2.75, 3.05) is 0 Å². The number of hydrogen-bond acceptors (Lipinski definition) is 0. The fraction of sp³-hybridized carbons (Fsp3) is 0.571. The molecule has 3 saturated carbocycles. The first kappa shape index (κ1) is 9.89. The predicted octanol–water partition coefficient (Wildman–Crippen LogP) is 4.67. The normalized spacial score (nSPS) is 34.3. The Morgan fingerprint density at radius 1 is 1.07 bits per heavy atom. The number of hydrogen-bond donors (Lipinski definition) is 0. The first-order valence-electron chi connectivity index (χ1n) is 6.05. The molecule has 1 aromatic carbocycles. The summed E-state index contributed by atoms with van der Waals surface area (Å²) in [7, 11) is 0. The maximum atomic E-state index is 3.59. The second-order valence-electron chi connectivity index (χ2n) is 5.27. The summed E-state index contributed by atoms with van der Waals surface area (Å²) in [5.41, 5.74) is 2.12. The Bertz CT molecular complexity index is 348. The number of halogens is 1. The molecule has 4 rings (SSSR count). The van der Waals surface area contributed by atoms with Crippen molar-refractivity contribution in [3.05, 3.63) is 34.3 Å². The summed E-state index contributed by atoms with van der Waals surface area (Å²) in [6.07, 6.45) is 8.67. The molecule has 3 aliphatic rings. The van der Waals surface area contributed by atoms with Crippen LogP contribution in [0.1, 0.15) is 44.1 Å². The zero-order valence-electron chi connectivity index (χ0n) is 9.01. The smallest absolute Gasteiger partial charge is 0.0178 e. The summed E-state index contributed by atoms with van der Waals surface area (Å²) in [6.45, 7) is 0. The summed E-state index contributed by atoms with van der Waals surface area (Å²) in [5, 5.41) is 0. The average Bonchev–Trinajstić information content (AvgIpc) is 2.31. The molecule has 3 aliphatic carbocycles. The van der Waals surface area contributed by atoms with E-state index in [0.717, 1.165) is 5.92 Å². The number of benzene rings is 1. The standard InChI is InChI=1S/C14H17Br/c15-13-3-1-2-12(10-13)14-7-4-11(5-8-14)6-9-14/h1-3,10-11H,4-9H2. The highest BCUT2D eigenvalue weighted by molar-refractivity contribution is 9.10. The van der Waals surface area contributed by atoms with Gasteiger partial charge in [-0.15, -0.1) is 0 Å². The van der Waals surface area contributed by atoms with E-state index >= 15 is 0 Å². The van der Waals surface area contributed by atoms with Crippen molar-refractivity contribution in [2.45, 2.75) is 43.9 Å². The molecule has 0 N–H and O–H groups in total. The minimum Gasteiger partial charge on any atom is -0.0609 e. The van der Waals surface area contributed by atoms with E-state index < -0.39 is 0 Å². The Kier molecular flexibility index (Phi) is 2.39. The third kappa shape index (κ3) is 1.65. The molecule has 2 bridgehead atoms. The minimum atomic E-state index is 0.540. The van der Waals surface area contributed by atoms with Gasteiger partial charge in [-0.25, -0.2) is 0 Å². The molecule has 0 spiro atoms. The Morgan fingerprint density at radius 3 is 2.33 bits per heavy atom. The first-order valence-corrected chi connectivity index (χ1v) is 6.84. The van der Waals surface area contributed by atoms with Crippen LogP contribution in [0, 0.1) is 5.92 Å². The van der Waals surface area contributed by atoms with Crippen LogP contribution in [-0.2, 0) is 5.41 Å². The van der Waals surface area contributed by atoms with E-state index in [2.05, 4.69) is 40.2 Å². The number of rotatable bonds is 1. The van der Waals surface area contributed by atoms with E-state index in [0.29, 0.717) is 5.41 Å². The minimum absolute atomic E-state index is 0.540. The first-order chi connectivity index (χ1) is 7.28. The third-order valence-electron chi connectivity index (χ3n) is 4.53. The van der Waals surface area contributed by atoms with Gasteiger partial charge in [0.15, 0.2) is 0 Å². The second kappa shape index (κ2) is 3.62. The lowest BCUT2D eigenvalue weighted by Gasteiger charge is -2.47. The lowest BCUT2D eigenvalue weighted by Crippen LogP contribution is -2.37. The SMILES string of the molecule is Brc1cccc(C23CCC(CC2)CC3)c1. The quantitative estimate of drug-likeness (QED) is 0.692. The van der Waals surface area contributed by atoms with Crippen molar-refractivity contribution >= 4 is 15.9 Å². The fourth-order valence-corrected chi connectivity index (χ4v) is 3.90. The topological polar surface area (TPSA) is 0 Å². The molecule has 0 aromatic heterocycles. The van der Waals surface area contributed by atoms with Crippen molar-refractivity contribution in [1.82, 2.24) is 0 Å². The van der Waals surface area contributed by atoms with Gasteiger partial charge in [0.1, 0.15) is 0 Å². The van der Waals surface area contributed by atoms with Gasteiger partial charge < -0.3 is 0 Å². The van der Waals surface area contributed by atoms with Crippen LogP contribution in [0.25, 0.3) is 0 Å². The Labute approximate surface area is 100 Å². The highest BCUT2D eigenvalue weighted by atomic mass is 79.9. The van der Waals surface area contributed by atoms with Crippen molar-refractivity contribution in [1.29, 1.82) is 0 Å². The third-order valence-corrected chi connectivity index (χ3v) is 5.02. The molecule has 0 heterocycles. The van der Waals surface area contributed by atoms with Crippen LogP contribution in [0.5, 0.6) is 0 Å². The van der Waals surface area contributed by atoms with Crippen molar-refractivity contribution in [3.63, 3.8) is 0 Å². The molecular formula is C14H17Br. The molecule has 0 unspecified atom stereocenters. The van der Waals surface area contributed by atoms with Crippen molar-refractivity contribution < 1.29 is 0 Å². The molecule has 1 aromatic rings. The van der Waals surface area contributed by atoms with E-state index in [1.807, 2.05) is 0 Å². The molecule has 0 atom stereocenters. The Balaban J connectivity index is 1.97. The summed E-state index contributed by atoms with van der Waals surface area (Å²) < 4.78 is 1.24. The molecule has 0 nitrogen and oxygen atoms in total. The van der Waals surface area contributed by atoms with Crippen LogP contribution >= 0.6 is 15.9 Å². The molecule has 0 amide bonds. The predicted molar refractivity (Wildman–Crippen MR) is 67.0 cm³/mol. The van der Waals surface area contributed by atoms with Gasteiger partial charge in [0.25, 0.3) is 0 Å². The van der Waals surface area contributed by atoms with E-state index in [1.54, 1.807) is 5.56 Å². The number of fused-ring (bicyclic) bond motifs is 3. The lowest BCUT2D eigenvalue weighted by atomic mass is 9.58. The van der Waals surface area contributed by atoms with Gasteiger partial charge in [0, 0.05) is 4.47 Å². The van der Waals surface area contributed by atoms with Crippen LogP contribution in [0.2, 0.25) is 0 Å². The van der Waals surface area contributed by atoms with Gasteiger partial charge in [0.05, 0.1) is 0 Å². The summed E-state index contributed by atoms with van der Waals surface area (Å²) in [4.78, 5) is 0. The average molecular weight is 265 g/mol. The van der Waals surface area contributed by atoms with Gasteiger partial charge in [-0.2, -0.15) is 0 Å². The van der Waals surface area contributed by atoms with Gasteiger partial charge in [0.2, 0.25) is 0 Å². The van der Waals surface area contributed by atoms with Crippen LogP contribution in [0.4, 0.5) is 0 Å². The van der Waals surface area contributed by atoms with Gasteiger partial charge >= 0.3 is 0 Å². The summed E-state index contributed by atoms with van der Waals surface area (Å²) in [5.74, 6) is 1.05. The van der Waals surface area contributed by atoms with Gasteiger partial charge in [-0.1, -0.05) is 28.1 Å². The van der Waals surface area contributed by atoms with Gasteiger partial charge in [-0.3, -0.25) is 0 Å². The maximum Gasteiger partial charge on any atom is 0.0178 e. The zero-order valence-corrected chi connectivity index (χ0v) is 10.6. The van der Waals surface area contributed by atoms with Crippen LogP contribution < -0.4 is 0 Å². The van der Waals surface area contributed by atoms with Crippen LogP contribution in [0.15, 0.2) is 28.7 Å². The molecule has 80 valence electrons. The fourth-order valence-electron chi connectivity index (χ4n) is 3.50. The highest BCUT2D eigenvalue weighted by Gasteiger charge is 2.41. The van der Waals surface area contributed by atoms with Crippen LogP contribution in [0.3, 0.4) is 0 Å². The largest absolute Gasteiger partial charge is 0.0609 e. The van der Waals surface area contributed by atoms with E-state index in [-0.39, 0.29) is 0 Å². The summed E-state index contributed by atoms with van der Waals surface area (Å²) in [6, 6.07) is 8.99. The molecule has 0 aliphatic heterocycles. The summed E-state index contributed by atoms with van der Waals surface area (Å²) >= 11 is 3.59. The monoisotopic (exact) mass is 264 g/mol. The lowest BCUT2D eigenvalue weighted by molar-refractivity contribution is 0.136. The van der Waals surface area contributed by atoms with Crippen molar-refractivity contribution in [3.8, 4) is 0 Å². The van der Waals surface area contributed by atoms with Crippen LogP contribution in [-0.4, -0.2) is 0 Å². The van der Waals surface area contributed by atoms with E-state index in [9.17, 15) is 0 Å². The molecular weight excluding hydrogens is 248 g/mol. The second-order valence-corrected chi connectivity index (χ2v) is 6.19. The Hall–Kier alpha value is -0.300. The molecule has 0 saturated heterocycles. The highest BCUT2D eigenvalue weighted by Crippen LogP contribution is 2.51. The molecule has 3 fully saturated rings. The molecule has 0 radical (unpaired) electrons. The molecule has 1 heteroatoms. The zero-order chi connectivity index (χ0) is 10.3.